The molecule has 0 heterocycles. The van der Waals surface area contributed by atoms with Crippen molar-refractivity contribution < 1.29 is 4.74 Å². The Kier molecular flexibility index (Phi) is 5.78. The fourth-order valence-corrected chi connectivity index (χ4v) is 2.60. The first-order valence-corrected chi connectivity index (χ1v) is 7.42. The largest absolute Gasteiger partial charge is 0.496 e. The van der Waals surface area contributed by atoms with Crippen LogP contribution in [0, 0.1) is 0 Å². The van der Waals surface area contributed by atoms with Crippen molar-refractivity contribution in [1.82, 2.24) is 5.32 Å². The van der Waals surface area contributed by atoms with E-state index in [9.17, 15) is 0 Å². The molecule has 0 spiro atoms. The van der Waals surface area contributed by atoms with Crippen LogP contribution < -0.4 is 15.8 Å². The third kappa shape index (κ3) is 3.63. The summed E-state index contributed by atoms with van der Waals surface area (Å²) in [5.41, 5.74) is 7.20. The molecule has 2 aromatic rings. The van der Waals surface area contributed by atoms with Crippen LogP contribution in [0.4, 0.5) is 0 Å². The molecule has 2 aromatic carbocycles. The summed E-state index contributed by atoms with van der Waals surface area (Å²) in [7, 11) is 1.71. The van der Waals surface area contributed by atoms with Gasteiger partial charge in [0.1, 0.15) is 5.75 Å². The summed E-state index contributed by atoms with van der Waals surface area (Å²) in [6.45, 7) is 3.54. The van der Waals surface area contributed by atoms with E-state index in [0.29, 0.717) is 6.54 Å². The zero-order valence-corrected chi connectivity index (χ0v) is 12.8. The number of nitrogens with one attached hydrogen (secondary N) is 1. The summed E-state index contributed by atoms with van der Waals surface area (Å²) >= 11 is 0. The average molecular weight is 284 g/mol. The van der Waals surface area contributed by atoms with E-state index >= 15 is 0 Å². The molecule has 0 aliphatic rings. The van der Waals surface area contributed by atoms with Crippen molar-refractivity contribution in [3.8, 4) is 5.75 Å². The molecule has 0 saturated heterocycles. The SMILES string of the molecule is C/C=C/CCNC(CN)c1ccc(OC)c2ccccc12. The molecular weight excluding hydrogens is 260 g/mol. The average Bonchev–Trinajstić information content (AvgIpc) is 2.54. The molecule has 0 saturated carbocycles. The van der Waals surface area contributed by atoms with Crippen molar-refractivity contribution in [2.24, 2.45) is 5.73 Å². The number of hydrogen-bond acceptors (Lipinski definition) is 3. The standard InChI is InChI=1S/C18H24N2O/c1-3-4-7-12-20-17(13-19)15-10-11-18(21-2)16-9-6-5-8-14(15)16/h3-6,8-11,17,20H,7,12-13,19H2,1-2H3/b4-3+. The van der Waals surface area contributed by atoms with Crippen LogP contribution >= 0.6 is 0 Å². The van der Waals surface area contributed by atoms with Crippen LogP contribution in [-0.2, 0) is 0 Å². The smallest absolute Gasteiger partial charge is 0.126 e. The van der Waals surface area contributed by atoms with Crippen LogP contribution in [0.2, 0.25) is 0 Å². The molecular formula is C18H24N2O. The van der Waals surface area contributed by atoms with E-state index in [4.69, 9.17) is 10.5 Å². The highest BCUT2D eigenvalue weighted by molar-refractivity contribution is 5.91. The first-order chi connectivity index (χ1) is 10.3. The Bertz CT molecular complexity index is 607. The predicted molar refractivity (Wildman–Crippen MR) is 89.7 cm³/mol. The van der Waals surface area contributed by atoms with Gasteiger partial charge in [-0.25, -0.2) is 0 Å². The Hall–Kier alpha value is -1.84. The van der Waals surface area contributed by atoms with Gasteiger partial charge in [-0.1, -0.05) is 42.5 Å². The Morgan fingerprint density at radius 3 is 2.62 bits per heavy atom. The lowest BCUT2D eigenvalue weighted by molar-refractivity contribution is 0.419. The highest BCUT2D eigenvalue weighted by Gasteiger charge is 2.13. The van der Waals surface area contributed by atoms with Gasteiger partial charge in [-0.15, -0.1) is 0 Å². The van der Waals surface area contributed by atoms with Crippen molar-refractivity contribution >= 4 is 10.8 Å². The molecule has 0 radical (unpaired) electrons. The second-order valence-electron chi connectivity index (χ2n) is 5.00. The Morgan fingerprint density at radius 1 is 1.19 bits per heavy atom. The van der Waals surface area contributed by atoms with E-state index < -0.39 is 0 Å². The number of fused-ring (bicyclic) bond motifs is 1. The van der Waals surface area contributed by atoms with E-state index in [0.717, 1.165) is 24.1 Å². The number of allylic oxidation sites excluding steroid dienone is 1. The Balaban J connectivity index is 2.31. The van der Waals surface area contributed by atoms with Crippen LogP contribution in [0.15, 0.2) is 48.6 Å². The third-order valence-electron chi connectivity index (χ3n) is 3.69. The van der Waals surface area contributed by atoms with Crippen molar-refractivity contribution in [1.29, 1.82) is 0 Å². The normalized spacial score (nSPS) is 12.9. The highest BCUT2D eigenvalue weighted by Crippen LogP contribution is 2.31. The van der Waals surface area contributed by atoms with Crippen LogP contribution in [0.5, 0.6) is 5.75 Å². The van der Waals surface area contributed by atoms with Gasteiger partial charge >= 0.3 is 0 Å². The summed E-state index contributed by atoms with van der Waals surface area (Å²) in [6.07, 6.45) is 5.25. The van der Waals surface area contributed by atoms with Gasteiger partial charge in [0, 0.05) is 18.0 Å². The quantitative estimate of drug-likeness (QED) is 0.605. The van der Waals surface area contributed by atoms with Gasteiger partial charge in [0.15, 0.2) is 0 Å². The minimum absolute atomic E-state index is 0.158. The summed E-state index contributed by atoms with van der Waals surface area (Å²) in [6, 6.07) is 12.6. The maximum Gasteiger partial charge on any atom is 0.126 e. The van der Waals surface area contributed by atoms with E-state index in [1.807, 2.05) is 19.1 Å². The van der Waals surface area contributed by atoms with Crippen LogP contribution in [0.1, 0.15) is 24.9 Å². The second kappa shape index (κ2) is 7.81. The maximum atomic E-state index is 5.97. The van der Waals surface area contributed by atoms with Crippen molar-refractivity contribution in [2.45, 2.75) is 19.4 Å². The Labute approximate surface area is 126 Å². The number of rotatable bonds is 7. The summed E-state index contributed by atoms with van der Waals surface area (Å²) in [4.78, 5) is 0. The fraction of sp³-hybridized carbons (Fsp3) is 0.333. The zero-order chi connectivity index (χ0) is 15.1. The van der Waals surface area contributed by atoms with E-state index in [-0.39, 0.29) is 6.04 Å². The van der Waals surface area contributed by atoms with Crippen molar-refractivity contribution in [2.75, 3.05) is 20.2 Å². The molecule has 112 valence electrons. The molecule has 3 heteroatoms. The molecule has 2 rings (SSSR count). The molecule has 0 bridgehead atoms. The molecule has 1 atom stereocenters. The lowest BCUT2D eigenvalue weighted by atomic mass is 9.98. The van der Waals surface area contributed by atoms with Gasteiger partial charge in [0.25, 0.3) is 0 Å². The third-order valence-corrected chi connectivity index (χ3v) is 3.69. The minimum Gasteiger partial charge on any atom is -0.496 e. The van der Waals surface area contributed by atoms with Crippen LogP contribution in [0.3, 0.4) is 0 Å². The molecule has 3 nitrogen and oxygen atoms in total. The molecule has 0 aromatic heterocycles. The molecule has 0 amide bonds. The van der Waals surface area contributed by atoms with Gasteiger partial charge in [-0.3, -0.25) is 0 Å². The minimum atomic E-state index is 0.158. The number of ether oxygens (including phenoxy) is 1. The first-order valence-electron chi connectivity index (χ1n) is 7.42. The lowest BCUT2D eigenvalue weighted by Gasteiger charge is -2.20. The molecule has 3 N–H and O–H groups in total. The topological polar surface area (TPSA) is 47.3 Å². The maximum absolute atomic E-state index is 5.97. The van der Waals surface area contributed by atoms with E-state index in [1.165, 1.54) is 10.9 Å². The summed E-state index contributed by atoms with van der Waals surface area (Å²) in [5.74, 6) is 0.902. The molecule has 1 unspecified atom stereocenters. The van der Waals surface area contributed by atoms with Gasteiger partial charge in [-0.05, 0) is 36.9 Å². The zero-order valence-electron chi connectivity index (χ0n) is 12.8. The highest BCUT2D eigenvalue weighted by atomic mass is 16.5. The number of benzene rings is 2. The summed E-state index contributed by atoms with van der Waals surface area (Å²) in [5, 5.41) is 5.86. The predicted octanol–water partition coefficient (Wildman–Crippen LogP) is 3.40. The number of hydrogen-bond donors (Lipinski definition) is 2. The number of nitrogens with two attached hydrogens (primary N) is 1. The Morgan fingerprint density at radius 2 is 1.95 bits per heavy atom. The first kappa shape index (κ1) is 15.5. The second-order valence-corrected chi connectivity index (χ2v) is 5.00. The van der Waals surface area contributed by atoms with Gasteiger partial charge < -0.3 is 15.8 Å². The van der Waals surface area contributed by atoms with E-state index in [2.05, 4.69) is 41.7 Å². The monoisotopic (exact) mass is 284 g/mol. The molecule has 0 aliphatic heterocycles. The van der Waals surface area contributed by atoms with Gasteiger partial charge in [-0.2, -0.15) is 0 Å². The molecule has 0 aliphatic carbocycles. The molecule has 21 heavy (non-hydrogen) atoms. The number of methoxy groups -OCH3 is 1. The lowest BCUT2D eigenvalue weighted by Crippen LogP contribution is -2.29. The van der Waals surface area contributed by atoms with Crippen LogP contribution in [0.25, 0.3) is 10.8 Å². The molecule has 0 fully saturated rings. The summed E-state index contributed by atoms with van der Waals surface area (Å²) < 4.78 is 5.45. The van der Waals surface area contributed by atoms with Crippen molar-refractivity contribution in [3.05, 3.63) is 54.1 Å². The van der Waals surface area contributed by atoms with Gasteiger partial charge in [0.2, 0.25) is 0 Å². The van der Waals surface area contributed by atoms with Gasteiger partial charge in [0.05, 0.1) is 7.11 Å². The van der Waals surface area contributed by atoms with Crippen LogP contribution in [-0.4, -0.2) is 20.2 Å². The van der Waals surface area contributed by atoms with E-state index in [1.54, 1.807) is 7.11 Å². The fourth-order valence-electron chi connectivity index (χ4n) is 2.60. The van der Waals surface area contributed by atoms with Crippen molar-refractivity contribution in [3.63, 3.8) is 0 Å².